The predicted molar refractivity (Wildman–Crippen MR) is 78.8 cm³/mol. The molecule has 0 saturated carbocycles. The molecule has 3 N–H and O–H groups in total. The van der Waals surface area contributed by atoms with E-state index in [-0.39, 0.29) is 4.99 Å². The van der Waals surface area contributed by atoms with Crippen LogP contribution in [0.1, 0.15) is 12.6 Å². The van der Waals surface area contributed by atoms with Crippen LogP contribution in [0.3, 0.4) is 0 Å². The van der Waals surface area contributed by atoms with Crippen LogP contribution in [0.4, 0.5) is 11.5 Å². The van der Waals surface area contributed by atoms with E-state index < -0.39 is 0 Å². The van der Waals surface area contributed by atoms with Gasteiger partial charge < -0.3 is 15.8 Å². The summed E-state index contributed by atoms with van der Waals surface area (Å²) in [5.41, 5.74) is 6.80. The van der Waals surface area contributed by atoms with Crippen molar-refractivity contribution in [2.45, 2.75) is 6.92 Å². The van der Waals surface area contributed by atoms with E-state index in [0.29, 0.717) is 18.1 Å². The lowest BCUT2D eigenvalue weighted by atomic mass is 10.3. The number of hydrogen-bond donors (Lipinski definition) is 2. The van der Waals surface area contributed by atoms with Gasteiger partial charge in [-0.3, -0.25) is 0 Å². The van der Waals surface area contributed by atoms with Gasteiger partial charge in [0.2, 0.25) is 0 Å². The third-order valence-electron chi connectivity index (χ3n) is 2.35. The van der Waals surface area contributed by atoms with Crippen molar-refractivity contribution >= 4 is 28.7 Å². The van der Waals surface area contributed by atoms with Crippen molar-refractivity contribution in [3.8, 4) is 5.75 Å². The predicted octanol–water partition coefficient (Wildman–Crippen LogP) is 2.25. The molecule has 1 heterocycles. The molecule has 1 aromatic carbocycles. The minimum absolute atomic E-state index is 0.230. The van der Waals surface area contributed by atoms with Gasteiger partial charge >= 0.3 is 0 Å². The van der Waals surface area contributed by atoms with Crippen LogP contribution in [-0.2, 0) is 0 Å². The van der Waals surface area contributed by atoms with Gasteiger partial charge in [-0.05, 0) is 19.1 Å². The van der Waals surface area contributed by atoms with Gasteiger partial charge in [0.25, 0.3) is 0 Å². The van der Waals surface area contributed by atoms with Crippen LogP contribution in [0.2, 0.25) is 0 Å². The smallest absolute Gasteiger partial charge is 0.149 e. The van der Waals surface area contributed by atoms with Gasteiger partial charge in [0, 0.05) is 0 Å². The number of ether oxygens (including phenoxy) is 1. The van der Waals surface area contributed by atoms with Crippen LogP contribution in [0.5, 0.6) is 5.75 Å². The van der Waals surface area contributed by atoms with E-state index in [1.807, 2.05) is 31.2 Å². The van der Waals surface area contributed by atoms with Crippen LogP contribution < -0.4 is 15.8 Å². The highest BCUT2D eigenvalue weighted by atomic mass is 32.1. The largest absolute Gasteiger partial charge is 0.492 e. The highest BCUT2D eigenvalue weighted by molar-refractivity contribution is 7.80. The minimum atomic E-state index is 0.230. The van der Waals surface area contributed by atoms with E-state index in [1.165, 1.54) is 6.20 Å². The Kier molecular flexibility index (Phi) is 4.25. The fourth-order valence-corrected chi connectivity index (χ4v) is 1.61. The Hall–Kier alpha value is -2.21. The number of hydrogen-bond acceptors (Lipinski definition) is 5. The number of rotatable bonds is 5. The lowest BCUT2D eigenvalue weighted by molar-refractivity contribution is 0.342. The normalized spacial score (nSPS) is 9.95. The quantitative estimate of drug-likeness (QED) is 0.815. The minimum Gasteiger partial charge on any atom is -0.492 e. The summed E-state index contributed by atoms with van der Waals surface area (Å²) in [6.07, 6.45) is 3.12. The van der Waals surface area contributed by atoms with E-state index in [9.17, 15) is 0 Å². The third kappa shape index (κ3) is 3.38. The number of nitrogens with zero attached hydrogens (tertiary/aromatic N) is 2. The first kappa shape index (κ1) is 13.2. The summed E-state index contributed by atoms with van der Waals surface area (Å²) < 4.78 is 5.52. The van der Waals surface area contributed by atoms with Crippen molar-refractivity contribution in [1.82, 2.24) is 9.97 Å². The van der Waals surface area contributed by atoms with Crippen molar-refractivity contribution in [1.29, 1.82) is 0 Å². The molecule has 0 aliphatic heterocycles. The topological polar surface area (TPSA) is 73.1 Å². The van der Waals surface area contributed by atoms with E-state index in [2.05, 4.69) is 15.3 Å². The molecule has 0 atom stereocenters. The zero-order valence-corrected chi connectivity index (χ0v) is 11.3. The maximum atomic E-state index is 5.52. The molecule has 0 spiro atoms. The van der Waals surface area contributed by atoms with Gasteiger partial charge in [0.05, 0.1) is 24.7 Å². The Morgan fingerprint density at radius 1 is 1.32 bits per heavy atom. The van der Waals surface area contributed by atoms with Gasteiger partial charge in [-0.2, -0.15) is 0 Å². The van der Waals surface area contributed by atoms with Gasteiger partial charge in [0.15, 0.2) is 0 Å². The molecule has 19 heavy (non-hydrogen) atoms. The number of nitrogens with one attached hydrogen (secondary N) is 1. The Balaban J connectivity index is 2.19. The summed E-state index contributed by atoms with van der Waals surface area (Å²) >= 11 is 4.83. The van der Waals surface area contributed by atoms with Crippen LogP contribution in [0.15, 0.2) is 36.7 Å². The zero-order chi connectivity index (χ0) is 13.7. The molecule has 0 fully saturated rings. The molecule has 0 unspecified atom stereocenters. The average molecular weight is 274 g/mol. The van der Waals surface area contributed by atoms with E-state index in [1.54, 1.807) is 6.20 Å². The molecule has 5 nitrogen and oxygen atoms in total. The number of benzene rings is 1. The molecular weight excluding hydrogens is 260 g/mol. The van der Waals surface area contributed by atoms with E-state index >= 15 is 0 Å². The Morgan fingerprint density at radius 2 is 2.11 bits per heavy atom. The number of nitrogens with two attached hydrogens (primary N) is 1. The third-order valence-corrected chi connectivity index (χ3v) is 2.56. The molecular formula is C13H14N4OS. The Morgan fingerprint density at radius 3 is 2.74 bits per heavy atom. The second kappa shape index (κ2) is 6.10. The number of anilines is 2. The molecule has 6 heteroatoms. The maximum Gasteiger partial charge on any atom is 0.149 e. The monoisotopic (exact) mass is 274 g/mol. The number of para-hydroxylation sites is 2. The molecule has 0 aliphatic rings. The number of aromatic nitrogens is 2. The first-order chi connectivity index (χ1) is 9.20. The average Bonchev–Trinajstić information content (AvgIpc) is 2.42. The standard InChI is InChI=1S/C13H14N4OS/c1-2-18-11-6-4-3-5-9(11)17-12-8-15-10(7-16-12)13(14)19/h3-8H,2H2,1H3,(H2,14,19)(H,16,17). The molecule has 98 valence electrons. The number of thiocarbonyl (C=S) groups is 1. The molecule has 1 aromatic heterocycles. The second-order valence-corrected chi connectivity index (χ2v) is 4.15. The first-order valence-corrected chi connectivity index (χ1v) is 6.22. The molecule has 0 amide bonds. The molecule has 0 saturated heterocycles. The molecule has 0 radical (unpaired) electrons. The second-order valence-electron chi connectivity index (χ2n) is 3.71. The maximum absolute atomic E-state index is 5.52. The van der Waals surface area contributed by atoms with E-state index in [4.69, 9.17) is 22.7 Å². The summed E-state index contributed by atoms with van der Waals surface area (Å²) in [5, 5.41) is 3.14. The van der Waals surface area contributed by atoms with Gasteiger partial charge in [0.1, 0.15) is 22.2 Å². The molecule has 0 aliphatic carbocycles. The fraction of sp³-hybridized carbons (Fsp3) is 0.154. The van der Waals surface area contributed by atoms with Crippen molar-refractivity contribution in [3.63, 3.8) is 0 Å². The van der Waals surface area contributed by atoms with Crippen LogP contribution in [0.25, 0.3) is 0 Å². The first-order valence-electron chi connectivity index (χ1n) is 5.81. The summed E-state index contributed by atoms with van der Waals surface area (Å²) in [4.78, 5) is 8.55. The van der Waals surface area contributed by atoms with Crippen molar-refractivity contribution in [2.24, 2.45) is 5.73 Å². The van der Waals surface area contributed by atoms with Gasteiger partial charge in [-0.25, -0.2) is 9.97 Å². The van der Waals surface area contributed by atoms with Crippen molar-refractivity contribution in [2.75, 3.05) is 11.9 Å². The summed E-state index contributed by atoms with van der Waals surface area (Å²) in [5.74, 6) is 1.37. The summed E-state index contributed by atoms with van der Waals surface area (Å²) in [6, 6.07) is 7.64. The molecule has 2 aromatic rings. The lowest BCUT2D eigenvalue weighted by Gasteiger charge is -2.11. The van der Waals surface area contributed by atoms with Gasteiger partial charge in [-0.1, -0.05) is 24.4 Å². The van der Waals surface area contributed by atoms with Crippen molar-refractivity contribution in [3.05, 3.63) is 42.4 Å². The SMILES string of the molecule is CCOc1ccccc1Nc1cnc(C(N)=S)cn1. The van der Waals surface area contributed by atoms with E-state index in [0.717, 1.165) is 11.4 Å². The molecule has 2 rings (SSSR count). The van der Waals surface area contributed by atoms with Crippen molar-refractivity contribution < 1.29 is 4.74 Å². The van der Waals surface area contributed by atoms with Gasteiger partial charge in [-0.15, -0.1) is 0 Å². The Bertz CT molecular complexity index is 571. The molecule has 0 bridgehead atoms. The highest BCUT2D eigenvalue weighted by Gasteiger charge is 2.04. The summed E-state index contributed by atoms with van der Waals surface area (Å²) in [6.45, 7) is 2.54. The highest BCUT2D eigenvalue weighted by Crippen LogP contribution is 2.26. The lowest BCUT2D eigenvalue weighted by Crippen LogP contribution is -2.12. The van der Waals surface area contributed by atoms with Crippen LogP contribution in [-0.4, -0.2) is 21.6 Å². The summed E-state index contributed by atoms with van der Waals surface area (Å²) in [7, 11) is 0. The zero-order valence-electron chi connectivity index (χ0n) is 10.5. The Labute approximate surface area is 116 Å². The fourth-order valence-electron chi connectivity index (χ4n) is 1.51. The van der Waals surface area contributed by atoms with Crippen LogP contribution >= 0.6 is 12.2 Å². The van der Waals surface area contributed by atoms with Crippen LogP contribution in [0, 0.1) is 0 Å².